The summed E-state index contributed by atoms with van der Waals surface area (Å²) < 4.78 is 10.9. The lowest BCUT2D eigenvalue weighted by Gasteiger charge is -2.30. The van der Waals surface area contributed by atoms with Crippen LogP contribution in [0.5, 0.6) is 5.75 Å². The van der Waals surface area contributed by atoms with E-state index >= 15 is 0 Å². The summed E-state index contributed by atoms with van der Waals surface area (Å²) in [4.78, 5) is 32.5. The normalized spacial score (nSPS) is 14.6. The quantitative estimate of drug-likeness (QED) is 0.646. The fraction of sp³-hybridized carbons (Fsp3) is 0.333. The van der Waals surface area contributed by atoms with Crippen molar-refractivity contribution in [3.05, 3.63) is 63.8 Å². The Balaban J connectivity index is 1.25. The van der Waals surface area contributed by atoms with Gasteiger partial charge in [-0.05, 0) is 43.2 Å². The molecular weight excluding hydrogens is 408 g/mol. The molecular formula is C21H21ClN4O4. The number of hydrogen-bond donors (Lipinski definition) is 1. The van der Waals surface area contributed by atoms with Gasteiger partial charge in [-0.15, -0.1) is 0 Å². The standard InChI is InChI=1S/C21H21ClN4O4/c22-16-2-4-17(5-3-16)29-12-9-19(28)26-10-7-14(8-11-26)20-24-21(30-25-20)15-1-6-18(27)23-13-15/h1-6,13-14H,7-12H2,(H,23,27). The van der Waals surface area contributed by atoms with Crippen molar-refractivity contribution in [2.24, 2.45) is 0 Å². The number of pyridine rings is 1. The third-order valence-corrected chi connectivity index (χ3v) is 5.34. The molecule has 3 aromatic rings. The topological polar surface area (TPSA) is 101 Å². The highest BCUT2D eigenvalue weighted by molar-refractivity contribution is 6.30. The molecule has 1 amide bonds. The van der Waals surface area contributed by atoms with E-state index in [0.717, 1.165) is 12.8 Å². The Labute approximate surface area is 177 Å². The van der Waals surface area contributed by atoms with Gasteiger partial charge in [-0.25, -0.2) is 0 Å². The maximum atomic E-state index is 12.4. The summed E-state index contributed by atoms with van der Waals surface area (Å²) in [6.07, 6.45) is 3.42. The fourth-order valence-corrected chi connectivity index (χ4v) is 3.52. The molecule has 3 heterocycles. The zero-order chi connectivity index (χ0) is 20.9. The van der Waals surface area contributed by atoms with E-state index in [4.69, 9.17) is 20.9 Å². The molecule has 1 fully saturated rings. The molecule has 1 N–H and O–H groups in total. The number of rotatable bonds is 6. The highest BCUT2D eigenvalue weighted by Crippen LogP contribution is 2.28. The maximum Gasteiger partial charge on any atom is 0.259 e. The molecule has 1 saturated heterocycles. The summed E-state index contributed by atoms with van der Waals surface area (Å²) >= 11 is 5.85. The van der Waals surface area contributed by atoms with Gasteiger partial charge in [0, 0.05) is 36.3 Å². The Hall–Kier alpha value is -3.13. The van der Waals surface area contributed by atoms with Crippen LogP contribution in [0.2, 0.25) is 5.02 Å². The molecule has 1 aliphatic heterocycles. The molecule has 30 heavy (non-hydrogen) atoms. The number of piperidine rings is 1. The summed E-state index contributed by atoms with van der Waals surface area (Å²) in [6, 6.07) is 10.1. The zero-order valence-corrected chi connectivity index (χ0v) is 17.0. The van der Waals surface area contributed by atoms with E-state index in [1.54, 1.807) is 36.5 Å². The van der Waals surface area contributed by atoms with Crippen LogP contribution in [0.25, 0.3) is 11.5 Å². The second-order valence-corrected chi connectivity index (χ2v) is 7.54. The summed E-state index contributed by atoms with van der Waals surface area (Å²) in [7, 11) is 0. The third kappa shape index (κ3) is 4.88. The van der Waals surface area contributed by atoms with E-state index in [0.29, 0.717) is 54.2 Å². The van der Waals surface area contributed by atoms with Crippen LogP contribution in [0.15, 0.2) is 51.9 Å². The number of aromatic nitrogens is 3. The number of carbonyl (C=O) groups is 1. The van der Waals surface area contributed by atoms with Crippen molar-refractivity contribution < 1.29 is 14.1 Å². The third-order valence-electron chi connectivity index (χ3n) is 5.08. The first-order valence-corrected chi connectivity index (χ1v) is 10.1. The molecule has 8 nitrogen and oxygen atoms in total. The zero-order valence-electron chi connectivity index (χ0n) is 16.2. The van der Waals surface area contributed by atoms with Crippen molar-refractivity contribution in [3.63, 3.8) is 0 Å². The van der Waals surface area contributed by atoms with Crippen LogP contribution in [-0.4, -0.2) is 45.6 Å². The second kappa shape index (κ2) is 9.13. The Morgan fingerprint density at radius 3 is 2.67 bits per heavy atom. The number of aromatic amines is 1. The van der Waals surface area contributed by atoms with Gasteiger partial charge in [-0.2, -0.15) is 4.98 Å². The lowest BCUT2D eigenvalue weighted by Crippen LogP contribution is -2.38. The molecule has 0 atom stereocenters. The lowest BCUT2D eigenvalue weighted by molar-refractivity contribution is -0.132. The minimum atomic E-state index is -0.186. The molecule has 9 heteroatoms. The van der Waals surface area contributed by atoms with Crippen LogP contribution in [0.4, 0.5) is 0 Å². The number of benzene rings is 1. The van der Waals surface area contributed by atoms with Crippen molar-refractivity contribution in [1.82, 2.24) is 20.0 Å². The summed E-state index contributed by atoms with van der Waals surface area (Å²) in [5.41, 5.74) is 0.482. The number of halogens is 1. The van der Waals surface area contributed by atoms with E-state index in [-0.39, 0.29) is 17.4 Å². The van der Waals surface area contributed by atoms with Crippen LogP contribution < -0.4 is 10.3 Å². The molecule has 0 saturated carbocycles. The molecule has 0 unspecified atom stereocenters. The average molecular weight is 429 g/mol. The van der Waals surface area contributed by atoms with E-state index in [1.165, 1.54) is 6.07 Å². The molecule has 0 aliphatic carbocycles. The highest BCUT2D eigenvalue weighted by atomic mass is 35.5. The van der Waals surface area contributed by atoms with Crippen LogP contribution in [0.3, 0.4) is 0 Å². The molecule has 1 aromatic carbocycles. The molecule has 1 aliphatic rings. The molecule has 0 radical (unpaired) electrons. The largest absolute Gasteiger partial charge is 0.493 e. The summed E-state index contributed by atoms with van der Waals surface area (Å²) in [5.74, 6) is 1.92. The summed E-state index contributed by atoms with van der Waals surface area (Å²) in [6.45, 7) is 1.62. The van der Waals surface area contributed by atoms with Gasteiger partial charge in [0.2, 0.25) is 11.5 Å². The number of nitrogens with zero attached hydrogens (tertiary/aromatic N) is 3. The van der Waals surface area contributed by atoms with E-state index in [9.17, 15) is 9.59 Å². The molecule has 0 spiro atoms. The second-order valence-electron chi connectivity index (χ2n) is 7.11. The number of likely N-dealkylation sites (tertiary alicyclic amines) is 1. The van der Waals surface area contributed by atoms with Gasteiger partial charge >= 0.3 is 0 Å². The van der Waals surface area contributed by atoms with Crippen molar-refractivity contribution in [3.8, 4) is 17.2 Å². The van der Waals surface area contributed by atoms with E-state index < -0.39 is 0 Å². The predicted octanol–water partition coefficient (Wildman–Crippen LogP) is 3.25. The Morgan fingerprint density at radius 1 is 1.20 bits per heavy atom. The summed E-state index contributed by atoms with van der Waals surface area (Å²) in [5, 5.41) is 4.73. The van der Waals surface area contributed by atoms with E-state index in [1.807, 2.05) is 4.90 Å². The smallest absolute Gasteiger partial charge is 0.259 e. The Kier molecular flexibility index (Phi) is 6.13. The van der Waals surface area contributed by atoms with Gasteiger partial charge in [-0.1, -0.05) is 16.8 Å². The van der Waals surface area contributed by atoms with Crippen molar-refractivity contribution in [2.45, 2.75) is 25.2 Å². The van der Waals surface area contributed by atoms with Gasteiger partial charge < -0.3 is 19.1 Å². The number of nitrogens with one attached hydrogen (secondary N) is 1. The van der Waals surface area contributed by atoms with Gasteiger partial charge in [0.05, 0.1) is 18.6 Å². The van der Waals surface area contributed by atoms with Crippen LogP contribution in [0.1, 0.15) is 31.0 Å². The lowest BCUT2D eigenvalue weighted by atomic mass is 9.96. The van der Waals surface area contributed by atoms with Gasteiger partial charge in [0.15, 0.2) is 5.82 Å². The maximum absolute atomic E-state index is 12.4. The van der Waals surface area contributed by atoms with Gasteiger partial charge in [0.25, 0.3) is 5.89 Å². The minimum Gasteiger partial charge on any atom is -0.493 e. The van der Waals surface area contributed by atoms with Crippen molar-refractivity contribution >= 4 is 17.5 Å². The molecule has 0 bridgehead atoms. The van der Waals surface area contributed by atoms with Gasteiger partial charge in [-0.3, -0.25) is 9.59 Å². The Bertz CT molecular complexity index is 1030. The number of H-pyrrole nitrogens is 1. The van der Waals surface area contributed by atoms with Crippen LogP contribution >= 0.6 is 11.6 Å². The van der Waals surface area contributed by atoms with Crippen LogP contribution in [-0.2, 0) is 4.79 Å². The van der Waals surface area contributed by atoms with Gasteiger partial charge in [0.1, 0.15) is 5.75 Å². The first kappa shape index (κ1) is 20.2. The molecule has 2 aromatic heterocycles. The SMILES string of the molecule is O=C(CCOc1ccc(Cl)cc1)N1CCC(c2noc(-c3ccc(=O)[nH]c3)n2)CC1. The number of ether oxygens (including phenoxy) is 1. The first-order chi connectivity index (χ1) is 14.6. The highest BCUT2D eigenvalue weighted by Gasteiger charge is 2.27. The first-order valence-electron chi connectivity index (χ1n) is 9.77. The number of carbonyl (C=O) groups excluding carboxylic acids is 1. The monoisotopic (exact) mass is 428 g/mol. The molecule has 4 rings (SSSR count). The number of amides is 1. The van der Waals surface area contributed by atoms with Crippen molar-refractivity contribution in [1.29, 1.82) is 0 Å². The van der Waals surface area contributed by atoms with E-state index in [2.05, 4.69) is 15.1 Å². The number of hydrogen-bond acceptors (Lipinski definition) is 6. The van der Waals surface area contributed by atoms with Crippen LogP contribution in [0, 0.1) is 0 Å². The average Bonchev–Trinajstić information content (AvgIpc) is 3.26. The molecule has 156 valence electrons. The fourth-order valence-electron chi connectivity index (χ4n) is 3.39. The van der Waals surface area contributed by atoms with Crippen molar-refractivity contribution in [2.75, 3.05) is 19.7 Å². The minimum absolute atomic E-state index is 0.0736. The Morgan fingerprint density at radius 2 is 1.97 bits per heavy atom. The predicted molar refractivity (Wildman–Crippen MR) is 110 cm³/mol.